The van der Waals surface area contributed by atoms with Gasteiger partial charge in [0.1, 0.15) is 0 Å². The van der Waals surface area contributed by atoms with E-state index in [1.165, 1.54) is 0 Å². The van der Waals surface area contributed by atoms with Crippen molar-refractivity contribution in [2.45, 2.75) is 50.2 Å². The quantitative estimate of drug-likeness (QED) is 0.736. The lowest BCUT2D eigenvalue weighted by atomic mass is 9.83. The maximum Gasteiger partial charge on any atom is 0.417 e. The van der Waals surface area contributed by atoms with E-state index in [9.17, 15) is 17.4 Å². The fourth-order valence-electron chi connectivity index (χ4n) is 4.78. The first-order valence-corrected chi connectivity index (χ1v) is 10.9. The first-order valence-electron chi connectivity index (χ1n) is 9.07. The van der Waals surface area contributed by atoms with Crippen LogP contribution in [0.25, 0.3) is 0 Å². The molecular weight excluding hydrogens is 385 g/mol. The van der Waals surface area contributed by atoms with Crippen molar-refractivity contribution in [3.8, 4) is 0 Å². The zero-order valence-electron chi connectivity index (χ0n) is 14.4. The lowest BCUT2D eigenvalue weighted by Crippen LogP contribution is -2.48. The molecule has 8 heteroatoms. The van der Waals surface area contributed by atoms with Gasteiger partial charge in [-0.15, -0.1) is 0 Å². The average Bonchev–Trinajstić information content (AvgIpc) is 2.99. The molecule has 4 rings (SSSR count). The molecular formula is C18H22ClF3N2OS. The van der Waals surface area contributed by atoms with Gasteiger partial charge in [0.15, 0.2) is 0 Å². The van der Waals surface area contributed by atoms with E-state index in [1.807, 2.05) is 0 Å². The maximum absolute atomic E-state index is 12.8. The van der Waals surface area contributed by atoms with E-state index in [4.69, 9.17) is 11.6 Å². The summed E-state index contributed by atoms with van der Waals surface area (Å²) in [6.07, 6.45) is 1.46. The Morgan fingerprint density at radius 3 is 2.50 bits per heavy atom. The molecule has 0 unspecified atom stereocenters. The fraction of sp³-hybridized carbons (Fsp3) is 0.722. The highest BCUT2D eigenvalue weighted by atomic mass is 35.5. The lowest BCUT2D eigenvalue weighted by Gasteiger charge is -2.39. The molecule has 1 aromatic heterocycles. The van der Waals surface area contributed by atoms with Crippen LogP contribution in [0.3, 0.4) is 0 Å². The highest BCUT2D eigenvalue weighted by Crippen LogP contribution is 2.44. The summed E-state index contributed by atoms with van der Waals surface area (Å²) in [6.45, 7) is 2.12. The predicted octanol–water partition coefficient (Wildman–Crippen LogP) is 4.23. The second-order valence-electron chi connectivity index (χ2n) is 8.04. The van der Waals surface area contributed by atoms with Crippen LogP contribution in [0.5, 0.6) is 0 Å². The summed E-state index contributed by atoms with van der Waals surface area (Å²) in [7, 11) is -0.612. The molecule has 1 saturated carbocycles. The van der Waals surface area contributed by atoms with E-state index in [0.717, 1.165) is 69.0 Å². The molecule has 3 nitrogen and oxygen atoms in total. The highest BCUT2D eigenvalue weighted by Gasteiger charge is 2.48. The molecule has 1 aromatic rings. The van der Waals surface area contributed by atoms with Crippen LogP contribution in [0.15, 0.2) is 12.3 Å². The van der Waals surface area contributed by atoms with Crippen molar-refractivity contribution in [1.29, 1.82) is 0 Å². The van der Waals surface area contributed by atoms with Crippen LogP contribution in [-0.2, 0) is 17.0 Å². The number of nitrogens with zero attached hydrogens (tertiary/aromatic N) is 2. The Bertz CT molecular complexity index is 711. The number of rotatable bonds is 2. The molecule has 26 heavy (non-hydrogen) atoms. The average molecular weight is 407 g/mol. The van der Waals surface area contributed by atoms with Gasteiger partial charge in [0.25, 0.3) is 0 Å². The van der Waals surface area contributed by atoms with Crippen molar-refractivity contribution >= 4 is 22.4 Å². The van der Waals surface area contributed by atoms with Crippen molar-refractivity contribution < 1.29 is 17.4 Å². The third kappa shape index (κ3) is 3.54. The van der Waals surface area contributed by atoms with Crippen LogP contribution in [0.1, 0.15) is 49.3 Å². The Morgan fingerprint density at radius 2 is 1.92 bits per heavy atom. The molecule has 144 valence electrons. The molecule has 3 heterocycles. The van der Waals surface area contributed by atoms with Crippen LogP contribution >= 0.6 is 11.6 Å². The SMILES string of the molecule is O=S1CC2(CCN(C3CCC(c4ncc(C(F)(F)F)cc4Cl)CC3)C2)C1. The van der Waals surface area contributed by atoms with Crippen molar-refractivity contribution in [2.75, 3.05) is 24.6 Å². The molecule has 0 atom stereocenters. The number of pyridine rings is 1. The molecule has 1 spiro atoms. The van der Waals surface area contributed by atoms with E-state index in [0.29, 0.717) is 17.2 Å². The Morgan fingerprint density at radius 1 is 1.23 bits per heavy atom. The second-order valence-corrected chi connectivity index (χ2v) is 9.91. The molecule has 3 aliphatic rings. The summed E-state index contributed by atoms with van der Waals surface area (Å²) in [5.74, 6) is 1.84. The van der Waals surface area contributed by atoms with Gasteiger partial charge in [-0.05, 0) is 44.7 Å². The van der Waals surface area contributed by atoms with E-state index < -0.39 is 22.5 Å². The van der Waals surface area contributed by atoms with Crippen LogP contribution in [0.4, 0.5) is 13.2 Å². The first kappa shape index (κ1) is 18.7. The first-order chi connectivity index (χ1) is 12.3. The van der Waals surface area contributed by atoms with E-state index in [1.54, 1.807) is 0 Å². The minimum absolute atomic E-state index is 0.125. The van der Waals surface area contributed by atoms with E-state index in [-0.39, 0.29) is 10.9 Å². The van der Waals surface area contributed by atoms with Gasteiger partial charge >= 0.3 is 6.18 Å². The number of likely N-dealkylation sites (tertiary alicyclic amines) is 1. The number of aromatic nitrogens is 1. The topological polar surface area (TPSA) is 33.2 Å². The summed E-state index contributed by atoms with van der Waals surface area (Å²) in [4.78, 5) is 6.58. The monoisotopic (exact) mass is 406 g/mol. The molecule has 0 radical (unpaired) electrons. The molecule has 0 bridgehead atoms. The molecule has 0 aromatic carbocycles. The van der Waals surface area contributed by atoms with Gasteiger partial charge in [-0.1, -0.05) is 11.6 Å². The van der Waals surface area contributed by atoms with Gasteiger partial charge in [-0.25, -0.2) is 0 Å². The number of hydrogen-bond donors (Lipinski definition) is 0. The third-order valence-corrected chi connectivity index (χ3v) is 8.37. The largest absolute Gasteiger partial charge is 0.417 e. The summed E-state index contributed by atoms with van der Waals surface area (Å²) in [6, 6.07) is 1.52. The van der Waals surface area contributed by atoms with Crippen molar-refractivity contribution in [3.05, 3.63) is 28.5 Å². The zero-order chi connectivity index (χ0) is 18.5. The summed E-state index contributed by atoms with van der Waals surface area (Å²) in [5, 5.41) is 0.125. The minimum Gasteiger partial charge on any atom is -0.300 e. The van der Waals surface area contributed by atoms with Crippen molar-refractivity contribution in [3.63, 3.8) is 0 Å². The molecule has 1 aliphatic carbocycles. The lowest BCUT2D eigenvalue weighted by molar-refractivity contribution is -0.137. The molecule has 0 amide bonds. The van der Waals surface area contributed by atoms with Gasteiger partial charge in [0.2, 0.25) is 0 Å². The second kappa shape index (κ2) is 6.74. The number of hydrogen-bond acceptors (Lipinski definition) is 3. The smallest absolute Gasteiger partial charge is 0.300 e. The van der Waals surface area contributed by atoms with Crippen molar-refractivity contribution in [1.82, 2.24) is 9.88 Å². The van der Waals surface area contributed by atoms with Crippen LogP contribution in [0.2, 0.25) is 5.02 Å². The zero-order valence-corrected chi connectivity index (χ0v) is 16.0. The molecule has 2 saturated heterocycles. The normalized spacial score (nSPS) is 35.6. The summed E-state index contributed by atoms with van der Waals surface area (Å²) < 4.78 is 49.8. The standard InChI is InChI=1S/C18H22ClF3N2OS/c19-15-7-13(18(20,21)22)8-23-16(15)12-1-3-14(4-2-12)24-6-5-17(9-24)10-26(25)11-17/h7-8,12,14H,1-6,9-11H2. The van der Waals surface area contributed by atoms with Gasteiger partial charge < -0.3 is 0 Å². The van der Waals surface area contributed by atoms with E-state index >= 15 is 0 Å². The van der Waals surface area contributed by atoms with Gasteiger partial charge in [0.05, 0.1) is 16.3 Å². The van der Waals surface area contributed by atoms with Crippen molar-refractivity contribution in [2.24, 2.45) is 5.41 Å². The minimum atomic E-state index is -4.41. The Balaban J connectivity index is 1.36. The van der Waals surface area contributed by atoms with Gasteiger partial charge in [-0.3, -0.25) is 14.1 Å². The third-order valence-electron chi connectivity index (χ3n) is 6.20. The Labute approximate surface area is 158 Å². The predicted molar refractivity (Wildman–Crippen MR) is 95.7 cm³/mol. The van der Waals surface area contributed by atoms with Gasteiger partial charge in [-0.2, -0.15) is 13.2 Å². The number of alkyl halides is 3. The number of halogens is 4. The van der Waals surface area contributed by atoms with Gasteiger partial charge in [0, 0.05) is 52.4 Å². The van der Waals surface area contributed by atoms with E-state index in [2.05, 4.69) is 9.88 Å². The Kier molecular flexibility index (Phi) is 4.85. The fourth-order valence-corrected chi connectivity index (χ4v) is 6.85. The summed E-state index contributed by atoms with van der Waals surface area (Å²) in [5.41, 5.74) is 0.102. The molecule has 2 aliphatic heterocycles. The maximum atomic E-state index is 12.8. The molecule has 0 N–H and O–H groups in total. The highest BCUT2D eigenvalue weighted by molar-refractivity contribution is 7.86. The van der Waals surface area contributed by atoms with Crippen LogP contribution in [-0.4, -0.2) is 44.7 Å². The van der Waals surface area contributed by atoms with Crippen LogP contribution < -0.4 is 0 Å². The summed E-state index contributed by atoms with van der Waals surface area (Å²) >= 11 is 6.11. The van der Waals surface area contributed by atoms with Crippen LogP contribution in [0, 0.1) is 5.41 Å². The Hall–Kier alpha value is -0.660. The molecule has 3 fully saturated rings.